The number of hydrogen-bond donors (Lipinski definition) is 4. The van der Waals surface area contributed by atoms with E-state index in [9.17, 15) is 9.18 Å². The van der Waals surface area contributed by atoms with Crippen LogP contribution < -0.4 is 21.3 Å². The van der Waals surface area contributed by atoms with Gasteiger partial charge in [0.25, 0.3) is 0 Å². The largest absolute Gasteiger partial charge is 0.386 e. The van der Waals surface area contributed by atoms with E-state index < -0.39 is 5.82 Å². The highest BCUT2D eigenvalue weighted by Gasteiger charge is 2.17. The summed E-state index contributed by atoms with van der Waals surface area (Å²) in [5, 5.41) is 14.4. The van der Waals surface area contributed by atoms with Crippen LogP contribution in [0.2, 0.25) is 0 Å². The summed E-state index contributed by atoms with van der Waals surface area (Å²) in [5.41, 5.74) is 7.89. The SMILES string of the molecule is CNc1cc(C(=N)c2c(N)ncnc2NCCN(C=O)c2ccccc2)ccc1F. The van der Waals surface area contributed by atoms with Crippen LogP contribution in [0, 0.1) is 11.2 Å². The zero-order valence-corrected chi connectivity index (χ0v) is 16.4. The molecule has 0 aliphatic heterocycles. The lowest BCUT2D eigenvalue weighted by Crippen LogP contribution is -2.28. The second-order valence-electron chi connectivity index (χ2n) is 6.36. The van der Waals surface area contributed by atoms with Gasteiger partial charge in [-0.05, 0) is 30.3 Å². The molecule has 3 rings (SSSR count). The van der Waals surface area contributed by atoms with E-state index in [0.29, 0.717) is 30.0 Å². The zero-order chi connectivity index (χ0) is 21.5. The summed E-state index contributed by atoms with van der Waals surface area (Å²) in [4.78, 5) is 21.2. The molecule has 8 nitrogen and oxygen atoms in total. The van der Waals surface area contributed by atoms with Crippen molar-refractivity contribution < 1.29 is 9.18 Å². The predicted octanol–water partition coefficient (Wildman–Crippen LogP) is 2.73. The molecule has 1 amide bonds. The van der Waals surface area contributed by atoms with Crippen molar-refractivity contribution in [2.75, 3.05) is 41.4 Å². The molecule has 5 N–H and O–H groups in total. The molecule has 0 aliphatic rings. The van der Waals surface area contributed by atoms with Crippen molar-refractivity contribution >= 4 is 35.1 Å². The fourth-order valence-corrected chi connectivity index (χ4v) is 2.95. The molecule has 0 radical (unpaired) electrons. The van der Waals surface area contributed by atoms with Crippen molar-refractivity contribution in [3.05, 3.63) is 71.8 Å². The molecule has 30 heavy (non-hydrogen) atoms. The van der Waals surface area contributed by atoms with E-state index in [2.05, 4.69) is 20.6 Å². The van der Waals surface area contributed by atoms with Gasteiger partial charge in [-0.15, -0.1) is 0 Å². The number of anilines is 4. The molecule has 1 heterocycles. The predicted molar refractivity (Wildman–Crippen MR) is 117 cm³/mol. The van der Waals surface area contributed by atoms with Crippen LogP contribution in [-0.4, -0.2) is 42.2 Å². The van der Waals surface area contributed by atoms with Crippen LogP contribution >= 0.6 is 0 Å². The molecule has 0 spiro atoms. The Bertz CT molecular complexity index is 1040. The Morgan fingerprint density at radius 2 is 2.00 bits per heavy atom. The van der Waals surface area contributed by atoms with Gasteiger partial charge in [-0.3, -0.25) is 10.2 Å². The van der Waals surface area contributed by atoms with Crippen molar-refractivity contribution in [3.63, 3.8) is 0 Å². The van der Waals surface area contributed by atoms with Gasteiger partial charge in [0.2, 0.25) is 6.41 Å². The van der Waals surface area contributed by atoms with Crippen molar-refractivity contribution in [1.82, 2.24) is 9.97 Å². The molecule has 0 aliphatic carbocycles. The van der Waals surface area contributed by atoms with Crippen LogP contribution in [-0.2, 0) is 4.79 Å². The highest BCUT2D eigenvalue weighted by atomic mass is 19.1. The summed E-state index contributed by atoms with van der Waals surface area (Å²) in [5.74, 6) is 0.0735. The minimum Gasteiger partial charge on any atom is -0.386 e. The minimum atomic E-state index is -0.417. The normalized spacial score (nSPS) is 10.3. The fraction of sp³-hybridized carbons (Fsp3) is 0.143. The van der Waals surface area contributed by atoms with Crippen LogP contribution in [0.3, 0.4) is 0 Å². The Kier molecular flexibility index (Phi) is 6.53. The smallest absolute Gasteiger partial charge is 0.214 e. The number of hydrogen-bond acceptors (Lipinski definition) is 7. The number of nitrogen functional groups attached to an aromatic ring is 1. The fourth-order valence-electron chi connectivity index (χ4n) is 2.95. The average Bonchev–Trinajstić information content (AvgIpc) is 2.77. The third-order valence-electron chi connectivity index (χ3n) is 4.51. The first-order valence-corrected chi connectivity index (χ1v) is 9.23. The number of halogens is 1. The Morgan fingerprint density at radius 3 is 2.70 bits per heavy atom. The first-order valence-electron chi connectivity index (χ1n) is 9.23. The monoisotopic (exact) mass is 407 g/mol. The number of aromatic nitrogens is 2. The van der Waals surface area contributed by atoms with Crippen molar-refractivity contribution in [3.8, 4) is 0 Å². The molecule has 2 aromatic carbocycles. The van der Waals surface area contributed by atoms with Crippen LogP contribution in [0.4, 0.5) is 27.4 Å². The third kappa shape index (κ3) is 4.52. The van der Waals surface area contributed by atoms with E-state index >= 15 is 0 Å². The van der Waals surface area contributed by atoms with Crippen molar-refractivity contribution in [2.45, 2.75) is 0 Å². The van der Waals surface area contributed by atoms with Gasteiger partial charge in [-0.1, -0.05) is 18.2 Å². The van der Waals surface area contributed by atoms with Gasteiger partial charge in [-0.25, -0.2) is 14.4 Å². The molecule has 1 aromatic heterocycles. The molecule has 0 unspecified atom stereocenters. The average molecular weight is 407 g/mol. The topological polar surface area (TPSA) is 120 Å². The molecule has 0 saturated carbocycles. The number of benzene rings is 2. The molecule has 3 aromatic rings. The number of para-hydroxylation sites is 1. The molecule has 0 atom stereocenters. The highest BCUT2D eigenvalue weighted by molar-refractivity contribution is 6.16. The Morgan fingerprint density at radius 1 is 1.23 bits per heavy atom. The maximum absolute atomic E-state index is 13.8. The van der Waals surface area contributed by atoms with Crippen LogP contribution in [0.5, 0.6) is 0 Å². The maximum Gasteiger partial charge on any atom is 0.214 e. The maximum atomic E-state index is 13.8. The van der Waals surface area contributed by atoms with E-state index in [1.54, 1.807) is 11.9 Å². The number of nitrogens with two attached hydrogens (primary N) is 1. The minimum absolute atomic E-state index is 0.0578. The number of rotatable bonds is 9. The van der Waals surface area contributed by atoms with Crippen LogP contribution in [0.25, 0.3) is 0 Å². The van der Waals surface area contributed by atoms with E-state index in [4.69, 9.17) is 11.1 Å². The molecular weight excluding hydrogens is 385 g/mol. The Balaban J connectivity index is 1.79. The second-order valence-corrected chi connectivity index (χ2v) is 6.36. The molecule has 154 valence electrons. The summed E-state index contributed by atoms with van der Waals surface area (Å²) < 4.78 is 13.8. The van der Waals surface area contributed by atoms with Gasteiger partial charge in [0.05, 0.1) is 17.0 Å². The molecule has 9 heteroatoms. The lowest BCUT2D eigenvalue weighted by molar-refractivity contribution is -0.107. The molecular formula is C21H22FN7O. The van der Waals surface area contributed by atoms with Crippen molar-refractivity contribution in [1.29, 1.82) is 5.41 Å². The number of nitrogens with zero attached hydrogens (tertiary/aromatic N) is 3. The summed E-state index contributed by atoms with van der Waals surface area (Å²) in [6, 6.07) is 13.6. The second kappa shape index (κ2) is 9.46. The van der Waals surface area contributed by atoms with Crippen molar-refractivity contribution in [2.24, 2.45) is 0 Å². The molecule has 0 bridgehead atoms. The molecule has 0 fully saturated rings. The third-order valence-corrected chi connectivity index (χ3v) is 4.51. The highest BCUT2D eigenvalue weighted by Crippen LogP contribution is 2.24. The first kappa shape index (κ1) is 20.7. The number of amides is 1. The van der Waals surface area contributed by atoms with Gasteiger partial charge in [0, 0.05) is 31.4 Å². The number of nitrogens with one attached hydrogen (secondary N) is 3. The number of carbonyl (C=O) groups is 1. The Labute approximate surface area is 173 Å². The zero-order valence-electron chi connectivity index (χ0n) is 16.4. The van der Waals surface area contributed by atoms with E-state index in [0.717, 1.165) is 12.1 Å². The summed E-state index contributed by atoms with van der Waals surface area (Å²) >= 11 is 0. The standard InChI is InChI=1S/C21H22FN7O/c1-25-17-11-14(7-8-16(17)22)19(23)18-20(24)27-12-28-21(18)26-9-10-29(13-30)15-5-3-2-4-6-15/h2-8,11-13,23,25H,9-10H2,1H3,(H3,24,26,27,28). The van der Waals surface area contributed by atoms with E-state index in [-0.39, 0.29) is 17.2 Å². The van der Waals surface area contributed by atoms with E-state index in [1.807, 2.05) is 30.3 Å². The van der Waals surface area contributed by atoms with Gasteiger partial charge in [0.1, 0.15) is 23.8 Å². The van der Waals surface area contributed by atoms with E-state index in [1.165, 1.54) is 24.5 Å². The first-order chi connectivity index (χ1) is 14.5. The van der Waals surface area contributed by atoms with Gasteiger partial charge >= 0.3 is 0 Å². The van der Waals surface area contributed by atoms with Crippen LogP contribution in [0.1, 0.15) is 11.1 Å². The van der Waals surface area contributed by atoms with Gasteiger partial charge < -0.3 is 21.3 Å². The summed E-state index contributed by atoms with van der Waals surface area (Å²) in [6.07, 6.45) is 2.05. The lowest BCUT2D eigenvalue weighted by Gasteiger charge is -2.19. The number of carbonyl (C=O) groups excluding carboxylic acids is 1. The molecule has 0 saturated heterocycles. The quantitative estimate of drug-likeness (QED) is 0.320. The lowest BCUT2D eigenvalue weighted by atomic mass is 10.0. The van der Waals surface area contributed by atoms with Gasteiger partial charge in [0.15, 0.2) is 0 Å². The summed E-state index contributed by atoms with van der Waals surface area (Å²) in [7, 11) is 1.60. The van der Waals surface area contributed by atoms with Gasteiger partial charge in [-0.2, -0.15) is 0 Å². The van der Waals surface area contributed by atoms with Crippen LogP contribution in [0.15, 0.2) is 54.9 Å². The summed E-state index contributed by atoms with van der Waals surface area (Å²) in [6.45, 7) is 0.750. The Hall–Kier alpha value is -4.01.